The van der Waals surface area contributed by atoms with Crippen molar-refractivity contribution in [2.24, 2.45) is 5.41 Å². The molecular formula is C19H17N3O2S. The minimum absolute atomic E-state index is 0.0408. The number of aromatic nitrogens is 2. The van der Waals surface area contributed by atoms with E-state index in [9.17, 15) is 10.1 Å². The second-order valence-electron chi connectivity index (χ2n) is 6.70. The van der Waals surface area contributed by atoms with Gasteiger partial charge in [-0.2, -0.15) is 5.26 Å². The average molecular weight is 351 g/mol. The van der Waals surface area contributed by atoms with Crippen molar-refractivity contribution in [2.45, 2.75) is 31.8 Å². The average Bonchev–Trinajstić information content (AvgIpc) is 3.30. The van der Waals surface area contributed by atoms with Crippen LogP contribution in [0.15, 0.2) is 36.0 Å². The number of pyridine rings is 1. The summed E-state index contributed by atoms with van der Waals surface area (Å²) in [4.78, 5) is 22.6. The maximum atomic E-state index is 12.5. The van der Waals surface area contributed by atoms with E-state index in [-0.39, 0.29) is 11.4 Å². The number of ether oxygens (including phenoxy) is 1. The zero-order valence-corrected chi connectivity index (χ0v) is 14.9. The number of Topliss-reactive ketones (excluding diaryl/α,β-unsaturated/α-hetero) is 1. The first-order chi connectivity index (χ1) is 12.0. The summed E-state index contributed by atoms with van der Waals surface area (Å²) < 4.78 is 5.87. The van der Waals surface area contributed by atoms with Gasteiger partial charge in [-0.3, -0.25) is 9.78 Å². The van der Waals surface area contributed by atoms with E-state index in [1.165, 1.54) is 11.3 Å². The van der Waals surface area contributed by atoms with Gasteiger partial charge in [0.05, 0.1) is 21.8 Å². The SMILES string of the molecule is COC1(c2nc(C)c(-c3ccccn3)s2)C=C(C#N)C(=O)C2(CC2)C1. The molecule has 1 fully saturated rings. The fraction of sp³-hybridized carbons (Fsp3) is 0.368. The maximum Gasteiger partial charge on any atom is 0.179 e. The summed E-state index contributed by atoms with van der Waals surface area (Å²) in [5.41, 5.74) is 0.674. The molecule has 1 atom stereocenters. The van der Waals surface area contributed by atoms with Crippen LogP contribution >= 0.6 is 11.3 Å². The smallest absolute Gasteiger partial charge is 0.179 e. The molecule has 0 N–H and O–H groups in total. The molecule has 1 saturated carbocycles. The third kappa shape index (κ3) is 2.43. The molecule has 1 unspecified atom stereocenters. The minimum atomic E-state index is -0.821. The van der Waals surface area contributed by atoms with Crippen molar-refractivity contribution in [1.82, 2.24) is 9.97 Å². The molecule has 0 saturated heterocycles. The standard InChI is InChI=1S/C19H17N3O2S/c1-12-15(14-5-3-4-8-21-14)25-17(22-12)19(24-2)9-13(10-20)16(23)18(11-19)6-7-18/h3-5,8-9H,6-7,11H2,1-2H3. The number of allylic oxidation sites excluding steroid dienone is 1. The lowest BCUT2D eigenvalue weighted by atomic mass is 9.76. The Labute approximate surface area is 150 Å². The Hall–Kier alpha value is -2.36. The van der Waals surface area contributed by atoms with Gasteiger partial charge in [0.15, 0.2) is 5.78 Å². The van der Waals surface area contributed by atoms with E-state index in [1.807, 2.05) is 25.1 Å². The molecule has 0 aliphatic heterocycles. The van der Waals surface area contributed by atoms with Gasteiger partial charge in [0.2, 0.25) is 0 Å². The monoisotopic (exact) mass is 351 g/mol. The van der Waals surface area contributed by atoms with Crippen LogP contribution in [0.2, 0.25) is 0 Å². The maximum absolute atomic E-state index is 12.5. The quantitative estimate of drug-likeness (QED) is 0.845. The Morgan fingerprint density at radius 1 is 1.36 bits per heavy atom. The molecule has 0 amide bonds. The molecule has 25 heavy (non-hydrogen) atoms. The van der Waals surface area contributed by atoms with E-state index in [0.717, 1.165) is 34.1 Å². The van der Waals surface area contributed by atoms with Gasteiger partial charge in [-0.15, -0.1) is 11.3 Å². The van der Waals surface area contributed by atoms with Gasteiger partial charge in [-0.25, -0.2) is 4.98 Å². The lowest BCUT2D eigenvalue weighted by Gasteiger charge is -2.34. The van der Waals surface area contributed by atoms with Gasteiger partial charge in [-0.05, 0) is 44.4 Å². The predicted octanol–water partition coefficient (Wildman–Crippen LogP) is 3.56. The number of carbonyl (C=O) groups excluding carboxylic acids is 1. The molecule has 2 aliphatic rings. The summed E-state index contributed by atoms with van der Waals surface area (Å²) in [6, 6.07) is 7.83. The van der Waals surface area contributed by atoms with Crippen molar-refractivity contribution in [2.75, 3.05) is 7.11 Å². The van der Waals surface area contributed by atoms with E-state index in [4.69, 9.17) is 9.72 Å². The molecule has 4 rings (SSSR count). The van der Waals surface area contributed by atoms with Gasteiger partial charge in [0, 0.05) is 18.7 Å². The van der Waals surface area contributed by atoms with Crippen molar-refractivity contribution in [3.8, 4) is 16.6 Å². The number of aryl methyl sites for hydroxylation is 1. The summed E-state index contributed by atoms with van der Waals surface area (Å²) in [6.45, 7) is 1.95. The first kappa shape index (κ1) is 16.1. The summed E-state index contributed by atoms with van der Waals surface area (Å²) in [6.07, 6.45) is 5.60. The van der Waals surface area contributed by atoms with E-state index in [0.29, 0.717) is 6.42 Å². The zero-order valence-electron chi connectivity index (χ0n) is 14.1. The van der Waals surface area contributed by atoms with Gasteiger partial charge in [-0.1, -0.05) is 6.07 Å². The second kappa shape index (κ2) is 5.58. The van der Waals surface area contributed by atoms with Crippen molar-refractivity contribution < 1.29 is 9.53 Å². The Kier molecular flexibility index (Phi) is 3.60. The van der Waals surface area contributed by atoms with Gasteiger partial charge in [0.1, 0.15) is 16.7 Å². The largest absolute Gasteiger partial charge is 0.367 e. The molecule has 0 aromatic carbocycles. The Balaban J connectivity index is 1.84. The summed E-state index contributed by atoms with van der Waals surface area (Å²) in [5.74, 6) is -0.0408. The predicted molar refractivity (Wildman–Crippen MR) is 93.8 cm³/mol. The summed E-state index contributed by atoms with van der Waals surface area (Å²) >= 11 is 1.52. The molecule has 0 radical (unpaired) electrons. The first-order valence-corrected chi connectivity index (χ1v) is 8.97. The van der Waals surface area contributed by atoms with Crippen LogP contribution in [0.1, 0.15) is 30.0 Å². The van der Waals surface area contributed by atoms with Crippen LogP contribution < -0.4 is 0 Å². The van der Waals surface area contributed by atoms with Crippen molar-refractivity contribution >= 4 is 17.1 Å². The summed E-state index contributed by atoms with van der Waals surface area (Å²) in [5, 5.41) is 10.2. The fourth-order valence-electron chi connectivity index (χ4n) is 3.52. The number of methoxy groups -OCH3 is 1. The summed E-state index contributed by atoms with van der Waals surface area (Å²) in [7, 11) is 1.62. The van der Waals surface area contributed by atoms with E-state index in [1.54, 1.807) is 19.4 Å². The number of ketones is 1. The third-order valence-electron chi connectivity index (χ3n) is 5.10. The van der Waals surface area contributed by atoms with Gasteiger partial charge >= 0.3 is 0 Å². The molecule has 2 aliphatic carbocycles. The number of carbonyl (C=O) groups is 1. The molecule has 0 bridgehead atoms. The second-order valence-corrected chi connectivity index (χ2v) is 7.70. The Bertz CT molecular complexity index is 922. The topological polar surface area (TPSA) is 75.9 Å². The van der Waals surface area contributed by atoms with Crippen LogP contribution in [0.5, 0.6) is 0 Å². The van der Waals surface area contributed by atoms with Crippen molar-refractivity contribution in [3.63, 3.8) is 0 Å². The number of rotatable bonds is 3. The van der Waals surface area contributed by atoms with Gasteiger partial charge in [0.25, 0.3) is 0 Å². The van der Waals surface area contributed by atoms with Crippen LogP contribution in [-0.2, 0) is 15.1 Å². The van der Waals surface area contributed by atoms with Crippen LogP contribution in [0.4, 0.5) is 0 Å². The molecular weight excluding hydrogens is 334 g/mol. The lowest BCUT2D eigenvalue weighted by molar-refractivity contribution is -0.124. The molecule has 6 heteroatoms. The van der Waals surface area contributed by atoms with Crippen LogP contribution in [0, 0.1) is 23.7 Å². The highest BCUT2D eigenvalue weighted by Crippen LogP contribution is 2.59. The normalized spacial score (nSPS) is 24.0. The van der Waals surface area contributed by atoms with Crippen molar-refractivity contribution in [1.29, 1.82) is 5.26 Å². The number of nitriles is 1. The van der Waals surface area contributed by atoms with Gasteiger partial charge < -0.3 is 4.74 Å². The molecule has 2 heterocycles. The molecule has 2 aromatic heterocycles. The number of hydrogen-bond donors (Lipinski definition) is 0. The molecule has 5 nitrogen and oxygen atoms in total. The highest BCUT2D eigenvalue weighted by Gasteiger charge is 2.59. The number of nitrogens with zero attached hydrogens (tertiary/aromatic N) is 3. The van der Waals surface area contributed by atoms with Crippen LogP contribution in [0.3, 0.4) is 0 Å². The number of hydrogen-bond acceptors (Lipinski definition) is 6. The van der Waals surface area contributed by atoms with Crippen LogP contribution in [-0.4, -0.2) is 22.9 Å². The molecule has 126 valence electrons. The van der Waals surface area contributed by atoms with Crippen molar-refractivity contribution in [3.05, 3.63) is 46.7 Å². The van der Waals surface area contributed by atoms with Crippen LogP contribution in [0.25, 0.3) is 10.6 Å². The van der Waals surface area contributed by atoms with E-state index >= 15 is 0 Å². The Morgan fingerprint density at radius 2 is 2.16 bits per heavy atom. The fourth-order valence-corrected chi connectivity index (χ4v) is 4.71. The zero-order chi connectivity index (χ0) is 17.7. The number of thiazole rings is 1. The minimum Gasteiger partial charge on any atom is -0.367 e. The lowest BCUT2D eigenvalue weighted by Crippen LogP contribution is -2.38. The highest BCUT2D eigenvalue weighted by molar-refractivity contribution is 7.15. The Morgan fingerprint density at radius 3 is 2.76 bits per heavy atom. The highest BCUT2D eigenvalue weighted by atomic mass is 32.1. The molecule has 1 spiro atoms. The molecule has 2 aromatic rings. The van der Waals surface area contributed by atoms with E-state index in [2.05, 4.69) is 11.1 Å². The first-order valence-electron chi connectivity index (χ1n) is 8.16. The third-order valence-corrected chi connectivity index (χ3v) is 6.44. The van der Waals surface area contributed by atoms with E-state index < -0.39 is 11.0 Å².